The second-order valence-electron chi connectivity index (χ2n) is 7.08. The molecule has 1 saturated carbocycles. The standard InChI is InChI=1S/C20H24ClNO3/c1-25-19(24)16-12-15(21)7-8-17(16)22-18(23)14-6-5-11-20(13-14)9-3-2-4-10-20/h7-8,12-13H,2-6,9-11H2,1H3,(H,22,23). The van der Waals surface area contributed by atoms with Gasteiger partial charge in [0.1, 0.15) is 0 Å². The molecule has 1 N–H and O–H groups in total. The van der Waals surface area contributed by atoms with E-state index in [0.29, 0.717) is 10.7 Å². The first-order valence-corrected chi connectivity index (χ1v) is 9.32. The van der Waals surface area contributed by atoms with Gasteiger partial charge in [-0.3, -0.25) is 4.79 Å². The summed E-state index contributed by atoms with van der Waals surface area (Å²) in [6.45, 7) is 0. The van der Waals surface area contributed by atoms with E-state index in [4.69, 9.17) is 16.3 Å². The van der Waals surface area contributed by atoms with E-state index in [9.17, 15) is 9.59 Å². The summed E-state index contributed by atoms with van der Waals surface area (Å²) in [5.74, 6) is -0.642. The quantitative estimate of drug-likeness (QED) is 0.759. The fourth-order valence-electron chi connectivity index (χ4n) is 4.08. The summed E-state index contributed by atoms with van der Waals surface area (Å²) in [7, 11) is 1.31. The maximum absolute atomic E-state index is 12.8. The number of nitrogens with one attached hydrogen (secondary N) is 1. The third kappa shape index (κ3) is 4.06. The molecule has 3 rings (SSSR count). The largest absolute Gasteiger partial charge is 0.465 e. The molecule has 0 heterocycles. The molecule has 1 aromatic rings. The van der Waals surface area contributed by atoms with Gasteiger partial charge in [0.15, 0.2) is 0 Å². The van der Waals surface area contributed by atoms with E-state index in [1.165, 1.54) is 51.7 Å². The summed E-state index contributed by atoms with van der Waals surface area (Å²) in [5.41, 5.74) is 1.74. The zero-order chi connectivity index (χ0) is 17.9. The molecule has 0 saturated heterocycles. The van der Waals surface area contributed by atoms with Crippen molar-refractivity contribution in [1.82, 2.24) is 0 Å². The summed E-state index contributed by atoms with van der Waals surface area (Å²) in [5, 5.41) is 3.31. The van der Waals surface area contributed by atoms with Crippen molar-refractivity contribution in [2.24, 2.45) is 5.41 Å². The Hall–Kier alpha value is -1.81. The highest BCUT2D eigenvalue weighted by molar-refractivity contribution is 6.31. The topological polar surface area (TPSA) is 55.4 Å². The Morgan fingerprint density at radius 1 is 1.12 bits per heavy atom. The van der Waals surface area contributed by atoms with Crippen LogP contribution >= 0.6 is 11.6 Å². The molecular weight excluding hydrogens is 338 g/mol. The highest BCUT2D eigenvalue weighted by Gasteiger charge is 2.33. The normalized spacial score (nSPS) is 19.2. The predicted octanol–water partition coefficient (Wildman–Crippen LogP) is 5.13. The van der Waals surface area contributed by atoms with E-state index in [-0.39, 0.29) is 16.9 Å². The summed E-state index contributed by atoms with van der Waals surface area (Å²) in [6.07, 6.45) is 11.4. The monoisotopic (exact) mass is 361 g/mol. The van der Waals surface area contributed by atoms with Crippen molar-refractivity contribution in [1.29, 1.82) is 0 Å². The summed E-state index contributed by atoms with van der Waals surface area (Å²) >= 11 is 5.97. The Labute approximate surface area is 153 Å². The van der Waals surface area contributed by atoms with Gasteiger partial charge in [-0.05, 0) is 55.7 Å². The SMILES string of the molecule is COC(=O)c1cc(Cl)ccc1NC(=O)C1=CC2(CCCCC2)CCC1. The van der Waals surface area contributed by atoms with Crippen LogP contribution in [0.1, 0.15) is 61.7 Å². The van der Waals surface area contributed by atoms with Crippen molar-refractivity contribution < 1.29 is 14.3 Å². The van der Waals surface area contributed by atoms with Crippen LogP contribution in [0.15, 0.2) is 29.8 Å². The lowest BCUT2D eigenvalue weighted by Crippen LogP contribution is -2.28. The molecule has 0 atom stereocenters. The van der Waals surface area contributed by atoms with Crippen LogP contribution in [-0.2, 0) is 9.53 Å². The number of halogens is 1. The second kappa shape index (κ2) is 7.61. The van der Waals surface area contributed by atoms with Crippen LogP contribution in [0.2, 0.25) is 5.02 Å². The number of anilines is 1. The van der Waals surface area contributed by atoms with E-state index in [0.717, 1.165) is 18.4 Å². The number of carbonyl (C=O) groups is 2. The van der Waals surface area contributed by atoms with Crippen LogP contribution in [0.25, 0.3) is 0 Å². The van der Waals surface area contributed by atoms with Crippen molar-refractivity contribution in [2.45, 2.75) is 51.4 Å². The number of amides is 1. The van der Waals surface area contributed by atoms with Gasteiger partial charge >= 0.3 is 5.97 Å². The summed E-state index contributed by atoms with van der Waals surface area (Å²) in [4.78, 5) is 24.7. The van der Waals surface area contributed by atoms with E-state index in [2.05, 4.69) is 11.4 Å². The predicted molar refractivity (Wildman–Crippen MR) is 98.9 cm³/mol. The lowest BCUT2D eigenvalue weighted by atomic mass is 9.67. The first-order chi connectivity index (χ1) is 12.0. The number of carbonyl (C=O) groups excluding carboxylic acids is 2. The van der Waals surface area contributed by atoms with Gasteiger partial charge in [-0.25, -0.2) is 4.79 Å². The van der Waals surface area contributed by atoms with Crippen molar-refractivity contribution >= 4 is 29.2 Å². The Morgan fingerprint density at radius 2 is 1.84 bits per heavy atom. The Bertz CT molecular complexity index is 705. The maximum atomic E-state index is 12.8. The first-order valence-electron chi connectivity index (χ1n) is 8.94. The molecule has 2 aliphatic carbocycles. The van der Waals surface area contributed by atoms with E-state index < -0.39 is 5.97 Å². The molecule has 0 unspecified atom stereocenters. The molecule has 25 heavy (non-hydrogen) atoms. The number of benzene rings is 1. The van der Waals surface area contributed by atoms with Gasteiger partial charge in [0.05, 0.1) is 18.4 Å². The second-order valence-corrected chi connectivity index (χ2v) is 7.52. The average molecular weight is 362 g/mol. The van der Waals surface area contributed by atoms with Crippen molar-refractivity contribution in [3.8, 4) is 0 Å². The van der Waals surface area contributed by atoms with Crippen molar-refractivity contribution in [3.05, 3.63) is 40.4 Å². The smallest absolute Gasteiger partial charge is 0.340 e. The van der Waals surface area contributed by atoms with E-state index in [1.54, 1.807) is 12.1 Å². The third-order valence-electron chi connectivity index (χ3n) is 5.38. The van der Waals surface area contributed by atoms with Gasteiger partial charge < -0.3 is 10.1 Å². The zero-order valence-electron chi connectivity index (χ0n) is 14.6. The minimum absolute atomic E-state index is 0.128. The van der Waals surface area contributed by atoms with Crippen LogP contribution in [0.4, 0.5) is 5.69 Å². The minimum Gasteiger partial charge on any atom is -0.465 e. The third-order valence-corrected chi connectivity index (χ3v) is 5.61. The molecule has 5 heteroatoms. The molecule has 1 amide bonds. The molecular formula is C20H24ClNO3. The number of ether oxygens (including phenoxy) is 1. The summed E-state index contributed by atoms with van der Waals surface area (Å²) in [6, 6.07) is 4.81. The summed E-state index contributed by atoms with van der Waals surface area (Å²) < 4.78 is 4.79. The number of hydrogen-bond donors (Lipinski definition) is 1. The molecule has 2 aliphatic rings. The molecule has 1 spiro atoms. The van der Waals surface area contributed by atoms with Gasteiger partial charge in [-0.15, -0.1) is 0 Å². The Balaban J connectivity index is 1.81. The Kier molecular flexibility index (Phi) is 5.48. The first kappa shape index (κ1) is 18.0. The highest BCUT2D eigenvalue weighted by Crippen LogP contribution is 2.45. The van der Waals surface area contributed by atoms with Crippen LogP contribution in [0.5, 0.6) is 0 Å². The van der Waals surface area contributed by atoms with Crippen molar-refractivity contribution in [3.63, 3.8) is 0 Å². The number of methoxy groups -OCH3 is 1. The fraction of sp³-hybridized carbons (Fsp3) is 0.500. The van der Waals surface area contributed by atoms with Gasteiger partial charge in [0.2, 0.25) is 0 Å². The Morgan fingerprint density at radius 3 is 2.56 bits per heavy atom. The van der Waals surface area contributed by atoms with Gasteiger partial charge in [-0.2, -0.15) is 0 Å². The molecule has 0 radical (unpaired) electrons. The lowest BCUT2D eigenvalue weighted by Gasteiger charge is -2.38. The van der Waals surface area contributed by atoms with Gasteiger partial charge in [0.25, 0.3) is 5.91 Å². The molecule has 1 aromatic carbocycles. The molecule has 4 nitrogen and oxygen atoms in total. The number of allylic oxidation sites excluding steroid dienone is 1. The minimum atomic E-state index is -0.515. The van der Waals surface area contributed by atoms with E-state index in [1.807, 2.05) is 0 Å². The zero-order valence-corrected chi connectivity index (χ0v) is 15.3. The van der Waals surface area contributed by atoms with Crippen LogP contribution in [0, 0.1) is 5.41 Å². The van der Waals surface area contributed by atoms with Gasteiger partial charge in [-0.1, -0.05) is 36.9 Å². The number of esters is 1. The van der Waals surface area contributed by atoms with Crippen LogP contribution in [-0.4, -0.2) is 19.0 Å². The highest BCUT2D eigenvalue weighted by atomic mass is 35.5. The van der Waals surface area contributed by atoms with Gasteiger partial charge in [0, 0.05) is 10.6 Å². The van der Waals surface area contributed by atoms with Crippen LogP contribution in [0.3, 0.4) is 0 Å². The molecule has 0 aromatic heterocycles. The molecule has 134 valence electrons. The lowest BCUT2D eigenvalue weighted by molar-refractivity contribution is -0.113. The fourth-order valence-corrected chi connectivity index (χ4v) is 4.25. The number of hydrogen-bond acceptors (Lipinski definition) is 3. The molecule has 0 bridgehead atoms. The molecule has 1 fully saturated rings. The van der Waals surface area contributed by atoms with E-state index >= 15 is 0 Å². The van der Waals surface area contributed by atoms with Crippen LogP contribution < -0.4 is 5.32 Å². The average Bonchev–Trinajstić information content (AvgIpc) is 2.63. The van der Waals surface area contributed by atoms with Crippen molar-refractivity contribution in [2.75, 3.05) is 12.4 Å². The molecule has 0 aliphatic heterocycles. The maximum Gasteiger partial charge on any atom is 0.340 e. The number of rotatable bonds is 3.